The Morgan fingerprint density at radius 1 is 1.68 bits per heavy atom. The molecule has 7 nitrogen and oxygen atoms in total. The van der Waals surface area contributed by atoms with Crippen molar-refractivity contribution in [3.05, 3.63) is 17.7 Å². The molecule has 3 rings (SSSR count). The number of aromatic nitrogens is 4. The van der Waals surface area contributed by atoms with Gasteiger partial charge in [-0.25, -0.2) is 4.98 Å². The van der Waals surface area contributed by atoms with Gasteiger partial charge in [-0.15, -0.1) is 0 Å². The van der Waals surface area contributed by atoms with Crippen molar-refractivity contribution < 1.29 is 14.5 Å². The molecule has 1 atom stereocenters. The number of fused-ring (bicyclic) bond motifs is 1. The van der Waals surface area contributed by atoms with Gasteiger partial charge in [0.1, 0.15) is 0 Å². The molecule has 1 saturated carbocycles. The lowest BCUT2D eigenvalue weighted by molar-refractivity contribution is -0.347. The minimum absolute atomic E-state index is 0.143. The zero-order chi connectivity index (χ0) is 13.4. The predicted octanol–water partition coefficient (Wildman–Crippen LogP) is 0.321. The first-order valence-electron chi connectivity index (χ1n) is 6.08. The fourth-order valence-electron chi connectivity index (χ4n) is 1.96. The summed E-state index contributed by atoms with van der Waals surface area (Å²) in [6.45, 7) is 2.19. The number of carbonyl (C=O) groups is 1. The molecule has 7 heteroatoms. The van der Waals surface area contributed by atoms with E-state index in [1.165, 1.54) is 0 Å². The zero-order valence-electron chi connectivity index (χ0n) is 10.4. The highest BCUT2D eigenvalue weighted by atomic mass is 16.5. The smallest absolute Gasteiger partial charge is 0.313 e. The number of imidazole rings is 1. The van der Waals surface area contributed by atoms with Gasteiger partial charge in [-0.2, -0.15) is 4.98 Å². The molecule has 0 radical (unpaired) electrons. The van der Waals surface area contributed by atoms with E-state index in [1.54, 1.807) is 19.3 Å². The zero-order valence-corrected chi connectivity index (χ0v) is 10.4. The third-order valence-electron chi connectivity index (χ3n) is 2.99. The van der Waals surface area contributed by atoms with Crippen molar-refractivity contribution in [1.82, 2.24) is 15.0 Å². The van der Waals surface area contributed by atoms with Crippen LogP contribution in [0.5, 0.6) is 0 Å². The molecule has 1 aliphatic rings. The Morgan fingerprint density at radius 3 is 3.32 bits per heavy atom. The molecule has 4 N–H and O–H groups in total. The molecule has 98 valence electrons. The Kier molecular flexibility index (Phi) is 2.66. The molecule has 0 amide bonds. The van der Waals surface area contributed by atoms with Gasteiger partial charge in [0.15, 0.2) is 12.1 Å². The van der Waals surface area contributed by atoms with Crippen LogP contribution in [-0.2, 0) is 9.53 Å². The third kappa shape index (κ3) is 2.14. The summed E-state index contributed by atoms with van der Waals surface area (Å²) in [7, 11) is 0. The van der Waals surface area contributed by atoms with Gasteiger partial charge in [-0.1, -0.05) is 4.98 Å². The molecule has 0 aliphatic heterocycles. The minimum Gasteiger partial charge on any atom is -0.466 e. The average Bonchev–Trinajstić information content (AvgIpc) is 2.96. The molecule has 1 aliphatic carbocycles. The fourth-order valence-corrected chi connectivity index (χ4v) is 1.96. The summed E-state index contributed by atoms with van der Waals surface area (Å²) in [4.78, 5) is 25.9. The van der Waals surface area contributed by atoms with Crippen molar-refractivity contribution in [3.8, 4) is 0 Å². The van der Waals surface area contributed by atoms with Crippen LogP contribution >= 0.6 is 0 Å². The number of nitrogens with one attached hydrogen (secondary N) is 2. The highest BCUT2D eigenvalue weighted by Gasteiger charge is 2.38. The highest BCUT2D eigenvalue weighted by Crippen LogP contribution is 2.39. The lowest BCUT2D eigenvalue weighted by Gasteiger charge is -1.96. The second-order valence-electron chi connectivity index (χ2n) is 4.35. The molecule has 2 heterocycles. The number of rotatable bonds is 3. The number of ether oxygens (including phenoxy) is 1. The molecule has 0 aromatic carbocycles. The normalized spacial score (nSPS) is 19.8. The summed E-state index contributed by atoms with van der Waals surface area (Å²) in [6.07, 6.45) is 4.14. The van der Waals surface area contributed by atoms with E-state index < -0.39 is 0 Å². The summed E-state index contributed by atoms with van der Waals surface area (Å²) in [5.41, 5.74) is 8.12. The van der Waals surface area contributed by atoms with Gasteiger partial charge in [0, 0.05) is 6.08 Å². The van der Waals surface area contributed by atoms with Crippen molar-refractivity contribution in [1.29, 1.82) is 0 Å². The second kappa shape index (κ2) is 4.34. The Hall–Kier alpha value is -2.44. The van der Waals surface area contributed by atoms with Crippen LogP contribution < -0.4 is 10.7 Å². The highest BCUT2D eigenvalue weighted by molar-refractivity contribution is 5.84. The summed E-state index contributed by atoms with van der Waals surface area (Å²) in [5, 5.41) is 0. The number of nitrogen functional groups attached to an aromatic ring is 1. The Morgan fingerprint density at radius 2 is 2.53 bits per heavy atom. The van der Waals surface area contributed by atoms with Gasteiger partial charge in [0.2, 0.25) is 11.3 Å². The van der Waals surface area contributed by atoms with Crippen LogP contribution in [0.1, 0.15) is 19.2 Å². The number of nitrogens with two attached hydrogens (primary N) is 1. The SMILES string of the molecule is CCOC(=O)C1CC1=Cc1nc(N)c2[nH]c[nH+]c2n1. The van der Waals surface area contributed by atoms with Gasteiger partial charge >= 0.3 is 11.6 Å². The molecule has 1 fully saturated rings. The lowest BCUT2D eigenvalue weighted by Crippen LogP contribution is -2.06. The number of carbonyl (C=O) groups excluding carboxylic acids is 1. The summed E-state index contributed by atoms with van der Waals surface area (Å²) in [6, 6.07) is 0. The molecule has 0 spiro atoms. The van der Waals surface area contributed by atoms with E-state index in [2.05, 4.69) is 19.9 Å². The number of hydrogen-bond donors (Lipinski definition) is 2. The molecule has 19 heavy (non-hydrogen) atoms. The van der Waals surface area contributed by atoms with Crippen molar-refractivity contribution >= 4 is 29.0 Å². The van der Waals surface area contributed by atoms with Crippen molar-refractivity contribution in [2.24, 2.45) is 5.92 Å². The van der Waals surface area contributed by atoms with Gasteiger partial charge in [0.25, 0.3) is 0 Å². The largest absolute Gasteiger partial charge is 0.466 e. The Balaban J connectivity index is 1.85. The van der Waals surface area contributed by atoms with Gasteiger partial charge < -0.3 is 10.5 Å². The standard InChI is InChI=1S/C12H13N5O2/c1-2-19-12(18)7-3-6(7)4-8-16-10(13)9-11(17-8)15-5-14-9/h4-5,7H,2-3H2,1H3,(H3,13,14,15,16,17)/p+1. The number of H-pyrrole nitrogens is 2. The molecule has 1 unspecified atom stereocenters. The average molecular weight is 260 g/mol. The van der Waals surface area contributed by atoms with E-state index in [1.807, 2.05) is 0 Å². The van der Waals surface area contributed by atoms with Crippen molar-refractivity contribution in [3.63, 3.8) is 0 Å². The monoisotopic (exact) mass is 260 g/mol. The summed E-state index contributed by atoms with van der Waals surface area (Å²) in [5.74, 6) is 0.556. The molecular formula is C12H14N5O2+. The number of hydrogen-bond acceptors (Lipinski definition) is 5. The predicted molar refractivity (Wildman–Crippen MR) is 67.6 cm³/mol. The van der Waals surface area contributed by atoms with Crippen LogP contribution in [0.3, 0.4) is 0 Å². The quantitative estimate of drug-likeness (QED) is 0.773. The maximum absolute atomic E-state index is 11.5. The van der Waals surface area contributed by atoms with Crippen LogP contribution in [0, 0.1) is 5.92 Å². The van der Waals surface area contributed by atoms with Crippen LogP contribution in [0.15, 0.2) is 11.9 Å². The second-order valence-corrected chi connectivity index (χ2v) is 4.35. The summed E-state index contributed by atoms with van der Waals surface area (Å²) >= 11 is 0. The minimum atomic E-state index is -0.184. The number of aromatic amines is 2. The van der Waals surface area contributed by atoms with E-state index in [-0.39, 0.29) is 11.9 Å². The number of anilines is 1. The Labute approximate surface area is 108 Å². The first kappa shape index (κ1) is 11.6. The van der Waals surface area contributed by atoms with Crippen LogP contribution in [0.2, 0.25) is 0 Å². The lowest BCUT2D eigenvalue weighted by atomic mass is 10.3. The molecule has 2 aromatic heterocycles. The van der Waals surface area contributed by atoms with Crippen LogP contribution in [0.25, 0.3) is 17.2 Å². The molecule has 0 saturated heterocycles. The van der Waals surface area contributed by atoms with Crippen molar-refractivity contribution in [2.75, 3.05) is 12.3 Å². The number of esters is 1. The van der Waals surface area contributed by atoms with Crippen LogP contribution in [0.4, 0.5) is 5.82 Å². The first-order valence-corrected chi connectivity index (χ1v) is 6.08. The van der Waals surface area contributed by atoms with E-state index in [4.69, 9.17) is 10.5 Å². The van der Waals surface area contributed by atoms with Gasteiger partial charge in [-0.05, 0) is 18.9 Å². The fraction of sp³-hybridized carbons (Fsp3) is 0.333. The molecule has 0 bridgehead atoms. The third-order valence-corrected chi connectivity index (χ3v) is 2.99. The maximum Gasteiger partial charge on any atom is 0.313 e. The first-order chi connectivity index (χ1) is 9.19. The van der Waals surface area contributed by atoms with E-state index in [9.17, 15) is 4.79 Å². The topological polar surface area (TPSA) is 108 Å². The Bertz CT molecular complexity index is 676. The summed E-state index contributed by atoms with van der Waals surface area (Å²) < 4.78 is 4.96. The maximum atomic E-state index is 11.5. The van der Waals surface area contributed by atoms with Gasteiger partial charge in [-0.3, -0.25) is 9.78 Å². The van der Waals surface area contributed by atoms with E-state index in [0.29, 0.717) is 35.8 Å². The molecule has 2 aromatic rings. The van der Waals surface area contributed by atoms with Crippen molar-refractivity contribution in [2.45, 2.75) is 13.3 Å². The van der Waals surface area contributed by atoms with E-state index >= 15 is 0 Å². The van der Waals surface area contributed by atoms with E-state index in [0.717, 1.165) is 5.57 Å². The number of nitrogens with zero attached hydrogens (tertiary/aromatic N) is 2. The van der Waals surface area contributed by atoms with Gasteiger partial charge in [0.05, 0.1) is 12.5 Å². The van der Waals surface area contributed by atoms with Crippen LogP contribution in [-0.4, -0.2) is 27.5 Å². The molecular weight excluding hydrogens is 246 g/mol.